The Kier molecular flexibility index (Phi) is 5.68. The second kappa shape index (κ2) is 7.50. The highest BCUT2D eigenvalue weighted by Gasteiger charge is 2.21. The predicted molar refractivity (Wildman–Crippen MR) is 79.3 cm³/mol. The van der Waals surface area contributed by atoms with Crippen molar-refractivity contribution in [2.75, 3.05) is 14.2 Å². The molecule has 0 radical (unpaired) electrons. The van der Waals surface area contributed by atoms with Crippen LogP contribution in [0.2, 0.25) is 0 Å². The van der Waals surface area contributed by atoms with Gasteiger partial charge in [0, 0.05) is 18.2 Å². The van der Waals surface area contributed by atoms with Crippen molar-refractivity contribution >= 4 is 0 Å². The minimum absolute atomic E-state index is 0.174. The normalized spacial score (nSPS) is 23.1. The molecular weight excluding hydrogens is 254 g/mol. The number of hydrogen-bond acceptors (Lipinski definition) is 4. The van der Waals surface area contributed by atoms with E-state index in [0.29, 0.717) is 6.54 Å². The van der Waals surface area contributed by atoms with E-state index >= 15 is 0 Å². The third kappa shape index (κ3) is 3.64. The fraction of sp³-hybridized carbons (Fsp3) is 0.625. The van der Waals surface area contributed by atoms with Crippen molar-refractivity contribution in [1.29, 1.82) is 0 Å². The molecule has 2 N–H and O–H groups in total. The van der Waals surface area contributed by atoms with E-state index in [0.717, 1.165) is 36.3 Å². The fourth-order valence-electron chi connectivity index (χ4n) is 2.86. The van der Waals surface area contributed by atoms with Gasteiger partial charge < -0.3 is 19.9 Å². The molecule has 2 rings (SSSR count). The Morgan fingerprint density at radius 3 is 2.70 bits per heavy atom. The summed E-state index contributed by atoms with van der Waals surface area (Å²) < 4.78 is 10.7. The van der Waals surface area contributed by atoms with Crippen molar-refractivity contribution in [1.82, 2.24) is 5.32 Å². The van der Waals surface area contributed by atoms with Crippen molar-refractivity contribution in [2.24, 2.45) is 0 Å². The zero-order valence-electron chi connectivity index (χ0n) is 12.4. The first kappa shape index (κ1) is 15.1. The molecule has 4 heteroatoms. The number of benzene rings is 1. The van der Waals surface area contributed by atoms with Crippen LogP contribution in [0.4, 0.5) is 0 Å². The highest BCUT2D eigenvalue weighted by Crippen LogP contribution is 2.30. The van der Waals surface area contributed by atoms with Crippen LogP contribution in [-0.2, 0) is 6.54 Å². The molecule has 0 heterocycles. The van der Waals surface area contributed by atoms with Crippen LogP contribution in [0.25, 0.3) is 0 Å². The molecule has 2 unspecified atom stereocenters. The van der Waals surface area contributed by atoms with E-state index in [1.807, 2.05) is 18.2 Å². The highest BCUT2D eigenvalue weighted by molar-refractivity contribution is 5.46. The van der Waals surface area contributed by atoms with Crippen LogP contribution in [0, 0.1) is 0 Å². The average Bonchev–Trinajstić information content (AvgIpc) is 2.69. The third-order valence-corrected chi connectivity index (χ3v) is 4.02. The Labute approximate surface area is 121 Å². The zero-order valence-corrected chi connectivity index (χ0v) is 12.4. The number of aliphatic hydroxyl groups excluding tert-OH is 1. The van der Waals surface area contributed by atoms with Crippen molar-refractivity contribution in [3.8, 4) is 11.5 Å². The lowest BCUT2D eigenvalue weighted by Crippen LogP contribution is -2.38. The molecule has 0 aromatic heterocycles. The summed E-state index contributed by atoms with van der Waals surface area (Å²) in [5, 5.41) is 13.6. The van der Waals surface area contributed by atoms with Gasteiger partial charge in [0.05, 0.1) is 20.3 Å². The predicted octanol–water partition coefficient (Wildman–Crippen LogP) is 2.49. The van der Waals surface area contributed by atoms with Gasteiger partial charge in [-0.2, -0.15) is 0 Å². The summed E-state index contributed by atoms with van der Waals surface area (Å²) in [6, 6.07) is 6.05. The zero-order chi connectivity index (χ0) is 14.4. The molecule has 0 saturated heterocycles. The SMILES string of the molecule is COc1cccc(CNC2CCCCCC2O)c1OC. The van der Waals surface area contributed by atoms with Crippen LogP contribution in [0.1, 0.15) is 37.7 Å². The van der Waals surface area contributed by atoms with Gasteiger partial charge in [0.2, 0.25) is 0 Å². The standard InChI is InChI=1S/C16H25NO3/c1-19-15-10-6-7-12(16(15)20-2)11-17-13-8-4-3-5-9-14(13)18/h6-7,10,13-14,17-18H,3-5,8-9,11H2,1-2H3. The maximum atomic E-state index is 10.1. The fourth-order valence-corrected chi connectivity index (χ4v) is 2.86. The van der Waals surface area contributed by atoms with Gasteiger partial charge in [0.25, 0.3) is 0 Å². The first-order valence-corrected chi connectivity index (χ1v) is 7.37. The van der Waals surface area contributed by atoms with Gasteiger partial charge in [0.1, 0.15) is 0 Å². The van der Waals surface area contributed by atoms with E-state index in [9.17, 15) is 5.11 Å². The van der Waals surface area contributed by atoms with Gasteiger partial charge in [-0.25, -0.2) is 0 Å². The highest BCUT2D eigenvalue weighted by atomic mass is 16.5. The minimum Gasteiger partial charge on any atom is -0.493 e. The molecule has 112 valence electrons. The van der Waals surface area contributed by atoms with Crippen molar-refractivity contribution < 1.29 is 14.6 Å². The molecular formula is C16H25NO3. The molecule has 0 aliphatic heterocycles. The Morgan fingerprint density at radius 2 is 1.95 bits per heavy atom. The second-order valence-corrected chi connectivity index (χ2v) is 5.35. The number of hydrogen-bond donors (Lipinski definition) is 2. The third-order valence-electron chi connectivity index (χ3n) is 4.02. The second-order valence-electron chi connectivity index (χ2n) is 5.35. The first-order chi connectivity index (χ1) is 9.76. The first-order valence-electron chi connectivity index (χ1n) is 7.37. The Hall–Kier alpha value is -1.26. The smallest absolute Gasteiger partial charge is 0.165 e. The average molecular weight is 279 g/mol. The quantitative estimate of drug-likeness (QED) is 0.813. The largest absolute Gasteiger partial charge is 0.493 e. The van der Waals surface area contributed by atoms with Gasteiger partial charge >= 0.3 is 0 Å². The van der Waals surface area contributed by atoms with E-state index in [2.05, 4.69) is 5.32 Å². The van der Waals surface area contributed by atoms with Crippen LogP contribution in [-0.4, -0.2) is 31.5 Å². The van der Waals surface area contributed by atoms with E-state index in [1.165, 1.54) is 12.8 Å². The molecule has 20 heavy (non-hydrogen) atoms. The summed E-state index contributed by atoms with van der Waals surface area (Å²) in [4.78, 5) is 0. The molecule has 0 bridgehead atoms. The Morgan fingerprint density at radius 1 is 1.15 bits per heavy atom. The molecule has 1 aromatic carbocycles. The van der Waals surface area contributed by atoms with E-state index in [1.54, 1.807) is 14.2 Å². The molecule has 4 nitrogen and oxygen atoms in total. The summed E-state index contributed by atoms with van der Waals surface area (Å²) >= 11 is 0. The summed E-state index contributed by atoms with van der Waals surface area (Å²) in [7, 11) is 3.30. The lowest BCUT2D eigenvalue weighted by molar-refractivity contribution is 0.119. The van der Waals surface area contributed by atoms with Gasteiger partial charge in [-0.05, 0) is 18.9 Å². The monoisotopic (exact) mass is 279 g/mol. The summed E-state index contributed by atoms with van der Waals surface area (Å²) in [6.45, 7) is 0.683. The maximum Gasteiger partial charge on any atom is 0.165 e. The van der Waals surface area contributed by atoms with Gasteiger partial charge in [-0.1, -0.05) is 31.4 Å². The van der Waals surface area contributed by atoms with Gasteiger partial charge in [0.15, 0.2) is 11.5 Å². The molecule has 0 amide bonds. The molecule has 0 spiro atoms. The number of methoxy groups -OCH3 is 2. The molecule has 1 fully saturated rings. The molecule has 1 saturated carbocycles. The number of nitrogens with one attached hydrogen (secondary N) is 1. The van der Waals surface area contributed by atoms with Crippen molar-refractivity contribution in [3.05, 3.63) is 23.8 Å². The van der Waals surface area contributed by atoms with Crippen LogP contribution in [0.5, 0.6) is 11.5 Å². The summed E-state index contributed by atoms with van der Waals surface area (Å²) in [6.07, 6.45) is 5.22. The number of para-hydroxylation sites is 1. The van der Waals surface area contributed by atoms with Crippen LogP contribution in [0.15, 0.2) is 18.2 Å². The lowest BCUT2D eigenvalue weighted by Gasteiger charge is -2.22. The molecule has 1 aromatic rings. The van der Waals surface area contributed by atoms with E-state index < -0.39 is 0 Å². The Balaban J connectivity index is 2.02. The number of aliphatic hydroxyl groups is 1. The van der Waals surface area contributed by atoms with Gasteiger partial charge in [-0.3, -0.25) is 0 Å². The van der Waals surface area contributed by atoms with Crippen LogP contribution >= 0.6 is 0 Å². The van der Waals surface area contributed by atoms with Crippen molar-refractivity contribution in [2.45, 2.75) is 50.8 Å². The van der Waals surface area contributed by atoms with Crippen LogP contribution < -0.4 is 14.8 Å². The molecule has 1 aliphatic rings. The Bertz CT molecular complexity index is 422. The minimum atomic E-state index is -0.242. The maximum absolute atomic E-state index is 10.1. The number of ether oxygens (including phenoxy) is 2. The van der Waals surface area contributed by atoms with Crippen molar-refractivity contribution in [3.63, 3.8) is 0 Å². The summed E-state index contributed by atoms with van der Waals surface area (Å²) in [5.41, 5.74) is 1.06. The summed E-state index contributed by atoms with van der Waals surface area (Å²) in [5.74, 6) is 1.51. The van der Waals surface area contributed by atoms with Gasteiger partial charge in [-0.15, -0.1) is 0 Å². The molecule has 2 atom stereocenters. The lowest BCUT2D eigenvalue weighted by atomic mass is 10.1. The topological polar surface area (TPSA) is 50.7 Å². The molecule has 1 aliphatic carbocycles. The van der Waals surface area contributed by atoms with E-state index in [-0.39, 0.29) is 12.1 Å². The number of rotatable bonds is 5. The van der Waals surface area contributed by atoms with E-state index in [4.69, 9.17) is 9.47 Å². The van der Waals surface area contributed by atoms with Crippen LogP contribution in [0.3, 0.4) is 0 Å².